The summed E-state index contributed by atoms with van der Waals surface area (Å²) < 4.78 is 22.8. The number of aryl methyl sites for hydroxylation is 2. The quantitative estimate of drug-likeness (QED) is 0.904. The molecule has 1 aromatic carbocycles. The summed E-state index contributed by atoms with van der Waals surface area (Å²) in [6, 6.07) is 6.12. The maximum atomic E-state index is 12.1. The molecule has 0 spiro atoms. The Morgan fingerprint density at radius 1 is 1.23 bits per heavy atom. The third-order valence-corrected chi connectivity index (χ3v) is 5.82. The smallest absolute Gasteiger partial charge is 0.234 e. The molecule has 0 radical (unpaired) electrons. The molecule has 1 aliphatic heterocycles. The average molecular weight is 324 g/mol. The summed E-state index contributed by atoms with van der Waals surface area (Å²) in [6.45, 7) is 7.21. The number of sulfone groups is 1. The van der Waals surface area contributed by atoms with Crippen molar-refractivity contribution in [1.82, 2.24) is 10.2 Å². The molecule has 0 saturated carbocycles. The molecule has 1 N–H and O–H groups in total. The van der Waals surface area contributed by atoms with Gasteiger partial charge in [0.05, 0.1) is 24.1 Å². The SMILES string of the molecule is Cc1ccc([C@@H](C)NC(=O)CN2CCS(=O)(=O)CC2)cc1C. The van der Waals surface area contributed by atoms with Gasteiger partial charge in [0, 0.05) is 13.1 Å². The molecule has 1 saturated heterocycles. The van der Waals surface area contributed by atoms with Crippen LogP contribution in [-0.4, -0.2) is 50.4 Å². The van der Waals surface area contributed by atoms with Crippen LogP contribution in [0, 0.1) is 13.8 Å². The molecule has 0 aromatic heterocycles. The highest BCUT2D eigenvalue weighted by molar-refractivity contribution is 7.91. The van der Waals surface area contributed by atoms with Crippen LogP contribution in [0.1, 0.15) is 29.7 Å². The third-order valence-electron chi connectivity index (χ3n) is 4.21. The number of rotatable bonds is 4. The highest BCUT2D eigenvalue weighted by Gasteiger charge is 2.23. The fourth-order valence-electron chi connectivity index (χ4n) is 2.52. The fraction of sp³-hybridized carbons (Fsp3) is 0.562. The number of amides is 1. The summed E-state index contributed by atoms with van der Waals surface area (Å²) in [5.41, 5.74) is 3.52. The van der Waals surface area contributed by atoms with Crippen LogP contribution in [0.15, 0.2) is 18.2 Å². The molecule has 1 fully saturated rings. The van der Waals surface area contributed by atoms with Gasteiger partial charge in [-0.15, -0.1) is 0 Å². The van der Waals surface area contributed by atoms with Crippen molar-refractivity contribution < 1.29 is 13.2 Å². The van der Waals surface area contributed by atoms with E-state index in [9.17, 15) is 13.2 Å². The summed E-state index contributed by atoms with van der Waals surface area (Å²) in [4.78, 5) is 14.0. The minimum absolute atomic E-state index is 0.0553. The largest absolute Gasteiger partial charge is 0.348 e. The van der Waals surface area contributed by atoms with Gasteiger partial charge in [0.2, 0.25) is 5.91 Å². The van der Waals surface area contributed by atoms with Gasteiger partial charge in [-0.1, -0.05) is 18.2 Å². The number of hydrogen-bond donors (Lipinski definition) is 1. The number of nitrogens with zero attached hydrogens (tertiary/aromatic N) is 1. The van der Waals surface area contributed by atoms with Crippen molar-refractivity contribution in [2.45, 2.75) is 26.8 Å². The van der Waals surface area contributed by atoms with Gasteiger partial charge in [-0.25, -0.2) is 8.42 Å². The fourth-order valence-corrected chi connectivity index (χ4v) is 3.79. The molecule has 1 aliphatic rings. The van der Waals surface area contributed by atoms with Crippen LogP contribution in [0.5, 0.6) is 0 Å². The van der Waals surface area contributed by atoms with Gasteiger partial charge in [-0.3, -0.25) is 9.69 Å². The summed E-state index contributed by atoms with van der Waals surface area (Å²) in [5, 5.41) is 2.98. The Hall–Kier alpha value is -1.40. The lowest BCUT2D eigenvalue weighted by Crippen LogP contribution is -2.45. The maximum absolute atomic E-state index is 12.1. The summed E-state index contributed by atoms with van der Waals surface area (Å²) >= 11 is 0. The van der Waals surface area contributed by atoms with Crippen LogP contribution in [0.3, 0.4) is 0 Å². The standard InChI is InChI=1S/C16H24N2O3S/c1-12-4-5-15(10-13(12)2)14(3)17-16(19)11-18-6-8-22(20,21)9-7-18/h4-5,10,14H,6-9,11H2,1-3H3,(H,17,19)/t14-/m1/s1. The van der Waals surface area contributed by atoms with Gasteiger partial charge >= 0.3 is 0 Å². The van der Waals surface area contributed by atoms with Gasteiger partial charge < -0.3 is 5.32 Å². The number of carbonyl (C=O) groups is 1. The van der Waals surface area contributed by atoms with E-state index in [1.807, 2.05) is 17.9 Å². The van der Waals surface area contributed by atoms with E-state index in [4.69, 9.17) is 0 Å². The highest BCUT2D eigenvalue weighted by atomic mass is 32.2. The molecule has 1 heterocycles. The Bertz CT molecular complexity index is 641. The number of nitrogens with one attached hydrogen (secondary N) is 1. The van der Waals surface area contributed by atoms with Crippen LogP contribution < -0.4 is 5.32 Å². The van der Waals surface area contributed by atoms with Gasteiger partial charge in [-0.2, -0.15) is 0 Å². The molecule has 0 bridgehead atoms. The van der Waals surface area contributed by atoms with Crippen LogP contribution in [0.2, 0.25) is 0 Å². The second-order valence-corrected chi connectivity index (χ2v) is 8.36. The number of benzene rings is 1. The zero-order valence-corrected chi connectivity index (χ0v) is 14.2. The van der Waals surface area contributed by atoms with Crippen LogP contribution in [0.4, 0.5) is 0 Å². The van der Waals surface area contributed by atoms with E-state index in [2.05, 4.69) is 31.3 Å². The van der Waals surface area contributed by atoms with E-state index < -0.39 is 9.84 Å². The Labute approximate surface area is 132 Å². The maximum Gasteiger partial charge on any atom is 0.234 e. The zero-order valence-electron chi connectivity index (χ0n) is 13.4. The van der Waals surface area contributed by atoms with E-state index in [0.29, 0.717) is 13.1 Å². The molecule has 0 aliphatic carbocycles. The first-order valence-corrected chi connectivity index (χ1v) is 9.38. The normalized spacial score (nSPS) is 19.6. The van der Waals surface area contributed by atoms with Crippen molar-refractivity contribution in [3.05, 3.63) is 34.9 Å². The Kier molecular flexibility index (Phi) is 5.24. The third kappa shape index (κ3) is 4.55. The van der Waals surface area contributed by atoms with Crippen molar-refractivity contribution in [3.8, 4) is 0 Å². The van der Waals surface area contributed by atoms with Crippen molar-refractivity contribution in [3.63, 3.8) is 0 Å². The summed E-state index contributed by atoms with van der Waals surface area (Å²) in [5.74, 6) is 0.227. The van der Waals surface area contributed by atoms with Crippen LogP contribution in [-0.2, 0) is 14.6 Å². The van der Waals surface area contributed by atoms with Crippen molar-refractivity contribution in [1.29, 1.82) is 0 Å². The molecule has 122 valence electrons. The van der Waals surface area contributed by atoms with E-state index in [-0.39, 0.29) is 30.0 Å². The summed E-state index contributed by atoms with van der Waals surface area (Å²) in [6.07, 6.45) is 0. The first-order valence-electron chi connectivity index (χ1n) is 7.56. The Balaban J connectivity index is 1.87. The van der Waals surface area contributed by atoms with Crippen molar-refractivity contribution in [2.75, 3.05) is 31.1 Å². The Morgan fingerprint density at radius 2 is 1.86 bits per heavy atom. The lowest BCUT2D eigenvalue weighted by molar-refractivity contribution is -0.122. The predicted octanol–water partition coefficient (Wildman–Crippen LogP) is 1.21. The molecular formula is C16H24N2O3S. The first kappa shape index (κ1) is 17.0. The van der Waals surface area contributed by atoms with E-state index in [0.717, 1.165) is 5.56 Å². The second-order valence-electron chi connectivity index (χ2n) is 6.06. The lowest BCUT2D eigenvalue weighted by Gasteiger charge is -2.26. The zero-order chi connectivity index (χ0) is 16.3. The van der Waals surface area contributed by atoms with Crippen molar-refractivity contribution >= 4 is 15.7 Å². The van der Waals surface area contributed by atoms with E-state index in [1.165, 1.54) is 11.1 Å². The van der Waals surface area contributed by atoms with Crippen molar-refractivity contribution in [2.24, 2.45) is 0 Å². The number of carbonyl (C=O) groups excluding carboxylic acids is 1. The van der Waals surface area contributed by atoms with E-state index >= 15 is 0 Å². The van der Waals surface area contributed by atoms with Crippen LogP contribution >= 0.6 is 0 Å². The minimum atomic E-state index is -2.90. The monoisotopic (exact) mass is 324 g/mol. The van der Waals surface area contributed by atoms with Gasteiger partial charge in [-0.05, 0) is 37.5 Å². The molecule has 2 rings (SSSR count). The minimum Gasteiger partial charge on any atom is -0.348 e. The predicted molar refractivity (Wildman–Crippen MR) is 87.6 cm³/mol. The molecule has 1 atom stereocenters. The molecule has 6 heteroatoms. The molecule has 22 heavy (non-hydrogen) atoms. The van der Waals surface area contributed by atoms with Gasteiger partial charge in [0.15, 0.2) is 9.84 Å². The lowest BCUT2D eigenvalue weighted by atomic mass is 10.0. The summed E-state index contributed by atoms with van der Waals surface area (Å²) in [7, 11) is -2.90. The molecule has 0 unspecified atom stereocenters. The van der Waals surface area contributed by atoms with Crippen LogP contribution in [0.25, 0.3) is 0 Å². The molecule has 1 amide bonds. The molecule has 1 aromatic rings. The topological polar surface area (TPSA) is 66.5 Å². The van der Waals surface area contributed by atoms with E-state index in [1.54, 1.807) is 0 Å². The highest BCUT2D eigenvalue weighted by Crippen LogP contribution is 2.16. The Morgan fingerprint density at radius 3 is 2.45 bits per heavy atom. The number of hydrogen-bond acceptors (Lipinski definition) is 4. The average Bonchev–Trinajstić information content (AvgIpc) is 2.44. The van der Waals surface area contributed by atoms with Gasteiger partial charge in [0.25, 0.3) is 0 Å². The van der Waals surface area contributed by atoms with Gasteiger partial charge in [0.1, 0.15) is 0 Å². The first-order chi connectivity index (χ1) is 10.3. The molecular weight excluding hydrogens is 300 g/mol. The molecule has 5 nitrogen and oxygen atoms in total. The second kappa shape index (κ2) is 6.79.